The van der Waals surface area contributed by atoms with Gasteiger partial charge in [-0.2, -0.15) is 0 Å². The first kappa shape index (κ1) is 61.1. The molecule has 0 fully saturated rings. The van der Waals surface area contributed by atoms with E-state index in [1.54, 1.807) is 0 Å². The van der Waals surface area contributed by atoms with Crippen LogP contribution in [0.25, 0.3) is 0 Å². The van der Waals surface area contributed by atoms with E-state index < -0.39 is 6.10 Å². The molecule has 1 atom stereocenters. The van der Waals surface area contributed by atoms with Crippen LogP contribution in [0.4, 0.5) is 0 Å². The Balaban J connectivity index is 4.32. The molecule has 0 aliphatic rings. The molecule has 0 aliphatic heterocycles. The van der Waals surface area contributed by atoms with Gasteiger partial charge < -0.3 is 14.2 Å². The second kappa shape index (κ2) is 54.4. The standard InChI is InChI=1S/C59H102O5/c1-4-7-10-13-16-19-22-24-26-28-29-30-32-34-36-39-42-45-48-51-54-62-55-57(64-59(61)53-50-47-44-41-37-21-18-15-12-9-6-3)56-63-58(60)52-49-46-43-40-38-35-33-31-27-25-23-20-17-14-11-8-5-2/h7,10,15-16,18-19,24,26,29-30,34,36,42,45,57H,4-6,8-9,11-14,17,20-23,25,27-28,31-33,35,37-41,43-44,46-56H2,1-3H3/b10-7-,18-15-,19-16-,26-24-,30-29-,36-34-,45-42-. The number of allylic oxidation sites excluding steroid dienone is 14. The molecule has 0 spiro atoms. The van der Waals surface area contributed by atoms with Gasteiger partial charge in [0.25, 0.3) is 0 Å². The first-order valence-electron chi connectivity index (χ1n) is 27.1. The van der Waals surface area contributed by atoms with Gasteiger partial charge in [-0.1, -0.05) is 241 Å². The third kappa shape index (κ3) is 51.7. The fourth-order valence-corrected chi connectivity index (χ4v) is 7.39. The van der Waals surface area contributed by atoms with Crippen molar-refractivity contribution >= 4 is 11.9 Å². The molecule has 0 heterocycles. The van der Waals surface area contributed by atoms with Crippen LogP contribution in [-0.4, -0.2) is 37.9 Å². The van der Waals surface area contributed by atoms with Gasteiger partial charge in [-0.15, -0.1) is 0 Å². The van der Waals surface area contributed by atoms with Gasteiger partial charge in [-0.05, 0) is 83.5 Å². The number of hydrogen-bond donors (Lipinski definition) is 0. The lowest BCUT2D eigenvalue weighted by atomic mass is 10.0. The molecular formula is C59H102O5. The summed E-state index contributed by atoms with van der Waals surface area (Å²) in [5.41, 5.74) is 0. The second-order valence-electron chi connectivity index (χ2n) is 17.8. The van der Waals surface area contributed by atoms with Gasteiger partial charge in [0.1, 0.15) is 6.61 Å². The van der Waals surface area contributed by atoms with E-state index in [-0.39, 0.29) is 25.2 Å². The summed E-state index contributed by atoms with van der Waals surface area (Å²) in [4.78, 5) is 25.4. The number of carbonyl (C=O) groups excluding carboxylic acids is 2. The molecule has 0 rings (SSSR count). The first-order chi connectivity index (χ1) is 31.6. The second-order valence-corrected chi connectivity index (χ2v) is 17.8. The van der Waals surface area contributed by atoms with E-state index in [0.29, 0.717) is 19.4 Å². The molecule has 0 aliphatic carbocycles. The molecular weight excluding hydrogens is 789 g/mol. The lowest BCUT2D eigenvalue weighted by Gasteiger charge is -2.18. The summed E-state index contributed by atoms with van der Waals surface area (Å²) in [6.45, 7) is 7.55. The maximum absolute atomic E-state index is 12.8. The van der Waals surface area contributed by atoms with Gasteiger partial charge in [-0.25, -0.2) is 0 Å². The summed E-state index contributed by atoms with van der Waals surface area (Å²) in [7, 11) is 0. The molecule has 0 saturated carbocycles. The highest BCUT2D eigenvalue weighted by molar-refractivity contribution is 5.70. The summed E-state index contributed by atoms with van der Waals surface area (Å²) < 4.78 is 17.3. The molecule has 5 heteroatoms. The van der Waals surface area contributed by atoms with Crippen molar-refractivity contribution in [3.8, 4) is 0 Å². The third-order valence-electron chi connectivity index (χ3n) is 11.4. The summed E-state index contributed by atoms with van der Waals surface area (Å²) in [6, 6.07) is 0. The molecule has 0 aromatic heterocycles. The molecule has 0 saturated heterocycles. The van der Waals surface area contributed by atoms with Crippen LogP contribution in [0.2, 0.25) is 0 Å². The maximum atomic E-state index is 12.8. The Morgan fingerprint density at radius 1 is 0.359 bits per heavy atom. The van der Waals surface area contributed by atoms with Crippen molar-refractivity contribution in [2.45, 2.75) is 258 Å². The Labute approximate surface area is 397 Å². The molecule has 0 aromatic carbocycles. The lowest BCUT2D eigenvalue weighted by molar-refractivity contribution is -0.163. The largest absolute Gasteiger partial charge is 0.462 e. The van der Waals surface area contributed by atoms with Crippen molar-refractivity contribution < 1.29 is 23.8 Å². The van der Waals surface area contributed by atoms with Crippen molar-refractivity contribution in [1.29, 1.82) is 0 Å². The Morgan fingerprint density at radius 3 is 1.19 bits per heavy atom. The number of carbonyl (C=O) groups is 2. The fourth-order valence-electron chi connectivity index (χ4n) is 7.39. The smallest absolute Gasteiger partial charge is 0.306 e. The van der Waals surface area contributed by atoms with Crippen LogP contribution >= 0.6 is 0 Å². The Kier molecular flexibility index (Phi) is 51.9. The summed E-state index contributed by atoms with van der Waals surface area (Å²) >= 11 is 0. The van der Waals surface area contributed by atoms with E-state index in [2.05, 4.69) is 106 Å². The average molecular weight is 891 g/mol. The Bertz CT molecular complexity index is 1190. The number of ether oxygens (including phenoxy) is 3. The van der Waals surface area contributed by atoms with Gasteiger partial charge in [0.2, 0.25) is 0 Å². The quantitative estimate of drug-likeness (QED) is 0.0346. The van der Waals surface area contributed by atoms with E-state index in [0.717, 1.165) is 89.9 Å². The van der Waals surface area contributed by atoms with Gasteiger partial charge in [-0.3, -0.25) is 9.59 Å². The highest BCUT2D eigenvalue weighted by Crippen LogP contribution is 2.15. The van der Waals surface area contributed by atoms with E-state index in [1.165, 1.54) is 128 Å². The summed E-state index contributed by atoms with van der Waals surface area (Å²) in [5.74, 6) is -0.436. The minimum Gasteiger partial charge on any atom is -0.462 e. The zero-order valence-electron chi connectivity index (χ0n) is 42.3. The molecule has 0 bridgehead atoms. The molecule has 0 amide bonds. The first-order valence-corrected chi connectivity index (χ1v) is 27.1. The van der Waals surface area contributed by atoms with Crippen molar-refractivity contribution in [1.82, 2.24) is 0 Å². The summed E-state index contributed by atoms with van der Waals surface area (Å²) in [6.07, 6.45) is 71.8. The summed E-state index contributed by atoms with van der Waals surface area (Å²) in [5, 5.41) is 0. The normalized spacial score (nSPS) is 12.9. The average Bonchev–Trinajstić information content (AvgIpc) is 3.30. The van der Waals surface area contributed by atoms with Crippen LogP contribution in [0.1, 0.15) is 252 Å². The molecule has 368 valence electrons. The Morgan fingerprint density at radius 2 is 0.719 bits per heavy atom. The van der Waals surface area contributed by atoms with Crippen molar-refractivity contribution in [2.24, 2.45) is 0 Å². The third-order valence-corrected chi connectivity index (χ3v) is 11.4. The van der Waals surface area contributed by atoms with Gasteiger partial charge in [0.15, 0.2) is 6.10 Å². The fraction of sp³-hybridized carbons (Fsp3) is 0.729. The zero-order chi connectivity index (χ0) is 46.3. The van der Waals surface area contributed by atoms with Crippen LogP contribution < -0.4 is 0 Å². The zero-order valence-corrected chi connectivity index (χ0v) is 42.3. The van der Waals surface area contributed by atoms with Gasteiger partial charge >= 0.3 is 11.9 Å². The number of esters is 2. The number of hydrogen-bond acceptors (Lipinski definition) is 5. The minimum absolute atomic E-state index is 0.0580. The minimum atomic E-state index is -0.572. The predicted molar refractivity (Wildman–Crippen MR) is 279 cm³/mol. The lowest BCUT2D eigenvalue weighted by Crippen LogP contribution is -2.30. The molecule has 1 unspecified atom stereocenters. The van der Waals surface area contributed by atoms with Crippen LogP contribution in [-0.2, 0) is 23.8 Å². The number of rotatable bonds is 49. The van der Waals surface area contributed by atoms with Crippen molar-refractivity contribution in [3.63, 3.8) is 0 Å². The van der Waals surface area contributed by atoms with E-state index in [1.807, 2.05) is 0 Å². The van der Waals surface area contributed by atoms with E-state index in [9.17, 15) is 9.59 Å². The Hall–Kier alpha value is -2.92. The molecule has 0 N–H and O–H groups in total. The predicted octanol–water partition coefficient (Wildman–Crippen LogP) is 18.5. The van der Waals surface area contributed by atoms with Crippen LogP contribution in [0, 0.1) is 0 Å². The topological polar surface area (TPSA) is 61.8 Å². The van der Waals surface area contributed by atoms with Crippen LogP contribution in [0.15, 0.2) is 85.1 Å². The van der Waals surface area contributed by atoms with Crippen molar-refractivity contribution in [2.75, 3.05) is 19.8 Å². The van der Waals surface area contributed by atoms with Gasteiger partial charge in [0, 0.05) is 19.4 Å². The molecule has 0 aromatic rings. The number of unbranched alkanes of at least 4 members (excludes halogenated alkanes) is 24. The van der Waals surface area contributed by atoms with Crippen LogP contribution in [0.3, 0.4) is 0 Å². The van der Waals surface area contributed by atoms with Gasteiger partial charge in [0.05, 0.1) is 6.61 Å². The van der Waals surface area contributed by atoms with E-state index >= 15 is 0 Å². The molecule has 5 nitrogen and oxygen atoms in total. The molecule has 64 heavy (non-hydrogen) atoms. The molecule has 0 radical (unpaired) electrons. The van der Waals surface area contributed by atoms with Crippen LogP contribution in [0.5, 0.6) is 0 Å². The SMILES string of the molecule is CC/C=C\C/C=C\C/C=C\C/C=C\C/C=C\C/C=C\CCCOCC(COC(=O)CCCCCCCCCCCCCCCCCCC)OC(=O)CCCCCCC/C=C\CCCC. The highest BCUT2D eigenvalue weighted by Gasteiger charge is 2.17. The van der Waals surface area contributed by atoms with Crippen molar-refractivity contribution in [3.05, 3.63) is 85.1 Å². The maximum Gasteiger partial charge on any atom is 0.306 e. The van der Waals surface area contributed by atoms with E-state index in [4.69, 9.17) is 14.2 Å². The monoisotopic (exact) mass is 891 g/mol. The highest BCUT2D eigenvalue weighted by atomic mass is 16.6.